The Hall–Kier alpha value is -9.52. The number of anilines is 2. The maximum Gasteiger partial charge on any atom is 0.163 e. The highest BCUT2D eigenvalue weighted by Gasteiger charge is 2.22. The van der Waals surface area contributed by atoms with Crippen LogP contribution < -0.4 is 4.90 Å². The summed E-state index contributed by atoms with van der Waals surface area (Å²) in [4.78, 5) is 13.4. The van der Waals surface area contributed by atoms with Crippen LogP contribution >= 0.6 is 0 Å². The summed E-state index contributed by atoms with van der Waals surface area (Å²) >= 11 is 0. The molecule has 6 heteroatoms. The molecule has 71 heavy (non-hydrogen) atoms. The van der Waals surface area contributed by atoms with Crippen molar-refractivity contribution in [2.75, 3.05) is 11.4 Å². The number of benzene rings is 9. The first-order valence-electron chi connectivity index (χ1n) is 24.1. The molecule has 0 aliphatic carbocycles. The van der Waals surface area contributed by atoms with E-state index in [4.69, 9.17) is 9.97 Å². The fraction of sp³-hybridized carbons (Fsp3) is 0.0154. The Morgan fingerprint density at radius 1 is 0.366 bits per heavy atom. The first-order valence-corrected chi connectivity index (χ1v) is 24.1. The van der Waals surface area contributed by atoms with Gasteiger partial charge in [-0.2, -0.15) is 0 Å². The zero-order valence-corrected chi connectivity index (χ0v) is 38.7. The van der Waals surface area contributed by atoms with Crippen LogP contribution in [0.1, 0.15) is 5.56 Å². The first kappa shape index (κ1) is 40.5. The molecule has 0 saturated heterocycles. The highest BCUT2D eigenvalue weighted by molar-refractivity contribution is 6.13. The predicted molar refractivity (Wildman–Crippen MR) is 297 cm³/mol. The number of hydrogen-bond donors (Lipinski definition) is 0. The van der Waals surface area contributed by atoms with E-state index >= 15 is 0 Å². The Morgan fingerprint density at radius 3 is 1.45 bits per heavy atom. The molecule has 6 nitrogen and oxygen atoms in total. The molecule has 0 radical (unpaired) electrons. The predicted octanol–water partition coefficient (Wildman–Crippen LogP) is 16.4. The highest BCUT2D eigenvalue weighted by atomic mass is 15.2. The van der Waals surface area contributed by atoms with Crippen molar-refractivity contribution in [1.29, 1.82) is 0 Å². The average molecular weight is 909 g/mol. The number of para-hydroxylation sites is 5. The summed E-state index contributed by atoms with van der Waals surface area (Å²) in [6, 6.07) is 78.3. The number of allylic oxidation sites excluding steroid dienone is 4. The van der Waals surface area contributed by atoms with Gasteiger partial charge in [-0.3, -0.25) is 9.13 Å². The molecule has 0 saturated carbocycles. The van der Waals surface area contributed by atoms with Crippen LogP contribution in [0, 0.1) is 0 Å². The molecular weight excluding hydrogens is 865 g/mol. The van der Waals surface area contributed by atoms with E-state index in [9.17, 15) is 0 Å². The van der Waals surface area contributed by atoms with Crippen molar-refractivity contribution in [1.82, 2.24) is 23.7 Å². The van der Waals surface area contributed by atoms with Crippen molar-refractivity contribution in [3.05, 3.63) is 255 Å². The second kappa shape index (κ2) is 16.3. The van der Waals surface area contributed by atoms with E-state index in [1.165, 1.54) is 21.8 Å². The van der Waals surface area contributed by atoms with Crippen LogP contribution in [-0.2, 0) is 0 Å². The van der Waals surface area contributed by atoms with Crippen molar-refractivity contribution in [3.63, 3.8) is 0 Å². The van der Waals surface area contributed by atoms with Crippen molar-refractivity contribution >= 4 is 82.4 Å². The van der Waals surface area contributed by atoms with E-state index in [1.807, 2.05) is 0 Å². The van der Waals surface area contributed by atoms with Crippen molar-refractivity contribution < 1.29 is 0 Å². The van der Waals surface area contributed by atoms with E-state index in [0.717, 1.165) is 100 Å². The van der Waals surface area contributed by atoms with Crippen molar-refractivity contribution in [2.45, 2.75) is 0 Å². The molecule has 0 amide bonds. The SMILES string of the molecule is C=C1/C=C\C=C/CN(c2ccc3c(c2)c2ccccc2n3-c2cc(-n3c4ccccc4c4cc(-n5c6ccccc6c6ccccc65)ccc43)nc(-c3ccc(-c4ccccc4)cc3)n2)c2ccccc21. The van der Waals surface area contributed by atoms with Gasteiger partial charge in [0.05, 0.1) is 33.1 Å². The molecule has 0 atom stereocenters. The number of rotatable bonds is 6. The summed E-state index contributed by atoms with van der Waals surface area (Å²) in [6.45, 7) is 5.14. The quantitative estimate of drug-likeness (QED) is 0.167. The topological polar surface area (TPSA) is 43.8 Å². The molecular formula is C65H44N6. The minimum atomic E-state index is 0.640. The Bertz CT molecular complexity index is 4280. The summed E-state index contributed by atoms with van der Waals surface area (Å²) < 4.78 is 7.02. The third-order valence-corrected chi connectivity index (χ3v) is 14.2. The number of fused-ring (bicyclic) bond motifs is 10. The molecule has 13 aromatic rings. The molecule has 0 spiro atoms. The summed E-state index contributed by atoms with van der Waals surface area (Å²) in [7, 11) is 0. The van der Waals surface area contributed by atoms with E-state index in [2.05, 4.69) is 268 Å². The van der Waals surface area contributed by atoms with Gasteiger partial charge in [0.1, 0.15) is 11.6 Å². The van der Waals surface area contributed by atoms with Crippen molar-refractivity contribution in [2.24, 2.45) is 0 Å². The van der Waals surface area contributed by atoms with E-state index in [0.29, 0.717) is 12.4 Å². The van der Waals surface area contributed by atoms with Gasteiger partial charge >= 0.3 is 0 Å². The van der Waals surface area contributed by atoms with Crippen LogP contribution in [0.3, 0.4) is 0 Å². The largest absolute Gasteiger partial charge is 0.337 e. The molecule has 4 aromatic heterocycles. The lowest BCUT2D eigenvalue weighted by molar-refractivity contribution is 0.993. The van der Waals surface area contributed by atoms with Gasteiger partial charge in [-0.05, 0) is 83.4 Å². The van der Waals surface area contributed by atoms with Gasteiger partial charge in [-0.1, -0.05) is 176 Å². The molecule has 0 N–H and O–H groups in total. The fourth-order valence-electron chi connectivity index (χ4n) is 11.0. The van der Waals surface area contributed by atoms with Crippen LogP contribution in [0.25, 0.3) is 111 Å². The second-order valence-corrected chi connectivity index (χ2v) is 18.3. The normalized spacial score (nSPS) is 13.8. The van der Waals surface area contributed by atoms with E-state index < -0.39 is 0 Å². The molecule has 1 aliphatic rings. The second-order valence-electron chi connectivity index (χ2n) is 18.3. The van der Waals surface area contributed by atoms with Crippen molar-refractivity contribution in [3.8, 4) is 39.8 Å². The summed E-state index contributed by atoms with van der Waals surface area (Å²) in [5.74, 6) is 2.20. The smallest absolute Gasteiger partial charge is 0.163 e. The molecule has 0 bridgehead atoms. The third kappa shape index (κ3) is 6.57. The molecule has 0 fully saturated rings. The van der Waals surface area contributed by atoms with Gasteiger partial charge in [0.25, 0.3) is 0 Å². The maximum absolute atomic E-state index is 5.51. The number of nitrogens with zero attached hydrogens (tertiary/aromatic N) is 6. The summed E-state index contributed by atoms with van der Waals surface area (Å²) in [5.41, 5.74) is 15.3. The molecule has 5 heterocycles. The lowest BCUT2D eigenvalue weighted by Gasteiger charge is -2.26. The maximum atomic E-state index is 5.51. The lowest BCUT2D eigenvalue weighted by Crippen LogP contribution is -2.18. The van der Waals surface area contributed by atoms with Gasteiger partial charge < -0.3 is 9.47 Å². The zero-order chi connectivity index (χ0) is 47.0. The Labute approximate surface area is 410 Å². The third-order valence-electron chi connectivity index (χ3n) is 14.2. The van der Waals surface area contributed by atoms with Crippen LogP contribution in [-0.4, -0.2) is 30.2 Å². The Balaban J connectivity index is 0.989. The summed E-state index contributed by atoms with van der Waals surface area (Å²) in [5, 5.41) is 7.06. The molecule has 9 aromatic carbocycles. The van der Waals surface area contributed by atoms with Gasteiger partial charge in [0, 0.05) is 73.1 Å². The van der Waals surface area contributed by atoms with Crippen LogP contribution in [0.5, 0.6) is 0 Å². The first-order chi connectivity index (χ1) is 35.1. The van der Waals surface area contributed by atoms with E-state index in [-0.39, 0.29) is 0 Å². The van der Waals surface area contributed by atoms with Crippen LogP contribution in [0.4, 0.5) is 11.4 Å². The molecule has 0 unspecified atom stereocenters. The minimum Gasteiger partial charge on any atom is -0.337 e. The number of aromatic nitrogens is 5. The van der Waals surface area contributed by atoms with Gasteiger partial charge in [0.2, 0.25) is 0 Å². The molecule has 14 rings (SSSR count). The Morgan fingerprint density at radius 2 is 0.831 bits per heavy atom. The van der Waals surface area contributed by atoms with Crippen LogP contribution in [0.2, 0.25) is 0 Å². The standard InChI is InChI=1S/C65H44N6/c1-43-18-4-3-17-39-68(56-26-12-7-21-49(43)56)47-35-37-61-54(40-47)52-24-10-15-29-59(52)70(61)63-42-64(67-65(66-63)46-33-31-45(32-34-46)44-19-5-2-6-20-44)71-60-30-16-11-25-53(60)55-41-48(36-38-62(55)71)69-57-27-13-8-22-50(57)51-23-9-14-28-58(51)69/h2-38,40-42H,1,39H2/b17-3-,18-4-. The molecule has 334 valence electrons. The lowest BCUT2D eigenvalue weighted by atomic mass is 10.0. The molecule has 1 aliphatic heterocycles. The summed E-state index contributed by atoms with van der Waals surface area (Å²) in [6.07, 6.45) is 8.47. The monoisotopic (exact) mass is 908 g/mol. The van der Waals surface area contributed by atoms with Crippen LogP contribution in [0.15, 0.2) is 249 Å². The number of hydrogen-bond acceptors (Lipinski definition) is 3. The van der Waals surface area contributed by atoms with Gasteiger partial charge in [-0.25, -0.2) is 9.97 Å². The minimum absolute atomic E-state index is 0.640. The zero-order valence-electron chi connectivity index (χ0n) is 38.7. The fourth-order valence-corrected chi connectivity index (χ4v) is 11.0. The van der Waals surface area contributed by atoms with Gasteiger partial charge in [0.15, 0.2) is 5.82 Å². The van der Waals surface area contributed by atoms with Gasteiger partial charge in [-0.15, -0.1) is 0 Å². The highest BCUT2D eigenvalue weighted by Crippen LogP contribution is 2.41. The Kier molecular flexibility index (Phi) is 9.32. The van der Waals surface area contributed by atoms with E-state index in [1.54, 1.807) is 0 Å². The average Bonchev–Trinajstić information content (AvgIpc) is 4.09.